The summed E-state index contributed by atoms with van der Waals surface area (Å²) in [6.07, 6.45) is -0.0967. The van der Waals surface area contributed by atoms with Crippen molar-refractivity contribution in [1.82, 2.24) is 24.8 Å². The van der Waals surface area contributed by atoms with Gasteiger partial charge in [-0.1, -0.05) is 0 Å². The van der Waals surface area contributed by atoms with Crippen molar-refractivity contribution in [3.8, 4) is 11.4 Å². The SMILES string of the molecule is [2H]c1nc2cc(-c3nc(N4CCOCC4)nc(N4CCN(C(C)C)CC4)n3)ccc2o1. The van der Waals surface area contributed by atoms with Crippen LogP contribution in [0.3, 0.4) is 0 Å². The molecule has 3 aromatic rings. The van der Waals surface area contributed by atoms with E-state index in [-0.39, 0.29) is 6.37 Å². The van der Waals surface area contributed by atoms with Crippen LogP contribution in [0.4, 0.5) is 11.9 Å². The first-order valence-electron chi connectivity index (χ1n) is 11.0. The first kappa shape index (κ1) is 18.0. The van der Waals surface area contributed by atoms with E-state index in [1.807, 2.05) is 18.2 Å². The molecule has 1 aromatic carbocycles. The fraction of sp³-hybridized carbons (Fsp3) is 0.524. The maximum absolute atomic E-state index is 7.63. The standard InChI is InChI=1S/C21H27N7O2/c1-15(2)26-5-7-27(8-6-26)20-23-19(16-3-4-18-17(13-16)22-14-30-18)24-21(25-20)28-9-11-29-12-10-28/h3-4,13-15H,5-12H2,1-2H3/i14D. The van der Waals surface area contributed by atoms with Crippen LogP contribution in [-0.2, 0) is 4.74 Å². The van der Waals surface area contributed by atoms with Crippen LogP contribution in [0.1, 0.15) is 15.2 Å². The number of rotatable bonds is 4. The molecule has 2 aliphatic rings. The molecule has 2 fully saturated rings. The Bertz CT molecular complexity index is 1060. The normalized spacial score (nSPS) is 19.0. The van der Waals surface area contributed by atoms with Crippen molar-refractivity contribution in [2.45, 2.75) is 19.9 Å². The zero-order valence-electron chi connectivity index (χ0n) is 18.4. The van der Waals surface area contributed by atoms with Crippen molar-refractivity contribution in [1.29, 1.82) is 0 Å². The van der Waals surface area contributed by atoms with E-state index in [2.05, 4.69) is 33.5 Å². The number of morpholine rings is 1. The van der Waals surface area contributed by atoms with Crippen molar-refractivity contribution >= 4 is 23.0 Å². The molecule has 2 aliphatic heterocycles. The van der Waals surface area contributed by atoms with Crippen LogP contribution < -0.4 is 9.80 Å². The van der Waals surface area contributed by atoms with Crippen LogP contribution in [0.25, 0.3) is 22.5 Å². The van der Waals surface area contributed by atoms with Crippen molar-refractivity contribution in [3.05, 3.63) is 24.6 Å². The molecule has 158 valence electrons. The quantitative estimate of drug-likeness (QED) is 0.641. The van der Waals surface area contributed by atoms with E-state index >= 15 is 0 Å². The monoisotopic (exact) mass is 410 g/mol. The maximum atomic E-state index is 7.63. The van der Waals surface area contributed by atoms with E-state index in [0.29, 0.717) is 48.1 Å². The van der Waals surface area contributed by atoms with Gasteiger partial charge in [-0.15, -0.1) is 0 Å². The van der Waals surface area contributed by atoms with Gasteiger partial charge in [-0.25, -0.2) is 4.98 Å². The average molecular weight is 411 g/mol. The summed E-state index contributed by atoms with van der Waals surface area (Å²) in [5.41, 5.74) is 2.05. The molecular weight excluding hydrogens is 382 g/mol. The van der Waals surface area contributed by atoms with Gasteiger partial charge >= 0.3 is 0 Å². The molecule has 0 unspecified atom stereocenters. The molecule has 5 rings (SSSR count). The minimum absolute atomic E-state index is 0.0967. The third-order valence-corrected chi connectivity index (χ3v) is 5.77. The lowest BCUT2D eigenvalue weighted by Gasteiger charge is -2.37. The minimum atomic E-state index is -0.0967. The Balaban J connectivity index is 1.51. The van der Waals surface area contributed by atoms with Crippen LogP contribution in [0.2, 0.25) is 0 Å². The van der Waals surface area contributed by atoms with Gasteiger partial charge in [-0.3, -0.25) is 4.90 Å². The van der Waals surface area contributed by atoms with Crippen molar-refractivity contribution < 1.29 is 10.5 Å². The summed E-state index contributed by atoms with van der Waals surface area (Å²) in [5.74, 6) is 1.99. The third kappa shape index (κ3) is 3.82. The van der Waals surface area contributed by atoms with E-state index in [0.717, 1.165) is 44.8 Å². The fourth-order valence-electron chi connectivity index (χ4n) is 3.92. The van der Waals surface area contributed by atoms with Gasteiger partial charge in [0, 0.05) is 50.9 Å². The third-order valence-electron chi connectivity index (χ3n) is 5.77. The molecule has 2 aromatic heterocycles. The lowest BCUT2D eigenvalue weighted by atomic mass is 10.2. The highest BCUT2D eigenvalue weighted by Gasteiger charge is 2.24. The van der Waals surface area contributed by atoms with Gasteiger partial charge < -0.3 is 19.0 Å². The Hall–Kier alpha value is -2.78. The molecule has 9 heteroatoms. The molecule has 0 atom stereocenters. The van der Waals surface area contributed by atoms with E-state index in [9.17, 15) is 0 Å². The summed E-state index contributed by atoms with van der Waals surface area (Å²) in [6.45, 7) is 11.1. The number of nitrogens with zero attached hydrogens (tertiary/aromatic N) is 7. The van der Waals surface area contributed by atoms with Crippen LogP contribution in [0.15, 0.2) is 29.0 Å². The molecule has 0 radical (unpaired) electrons. The molecule has 0 spiro atoms. The van der Waals surface area contributed by atoms with Gasteiger partial charge in [0.1, 0.15) is 6.89 Å². The average Bonchev–Trinajstić information content (AvgIpc) is 3.18. The van der Waals surface area contributed by atoms with E-state index < -0.39 is 0 Å². The Kier molecular flexibility index (Phi) is 4.90. The lowest BCUT2D eigenvalue weighted by molar-refractivity contribution is 0.122. The predicted octanol–water partition coefficient (Wildman–Crippen LogP) is 2.05. The Morgan fingerprint density at radius 3 is 2.33 bits per heavy atom. The molecule has 0 amide bonds. The summed E-state index contributed by atoms with van der Waals surface area (Å²) < 4.78 is 18.4. The van der Waals surface area contributed by atoms with Gasteiger partial charge in [0.25, 0.3) is 0 Å². The zero-order valence-corrected chi connectivity index (χ0v) is 17.4. The van der Waals surface area contributed by atoms with Gasteiger partial charge in [-0.2, -0.15) is 15.0 Å². The second-order valence-corrected chi connectivity index (χ2v) is 7.96. The Labute approximate surface area is 177 Å². The highest BCUT2D eigenvalue weighted by molar-refractivity contribution is 5.78. The first-order valence-corrected chi connectivity index (χ1v) is 10.5. The van der Waals surface area contributed by atoms with Crippen molar-refractivity contribution in [2.75, 3.05) is 62.3 Å². The fourth-order valence-corrected chi connectivity index (χ4v) is 3.92. The molecule has 0 aliphatic carbocycles. The van der Waals surface area contributed by atoms with E-state index in [4.69, 9.17) is 25.5 Å². The van der Waals surface area contributed by atoms with Gasteiger partial charge in [0.05, 0.1) is 13.2 Å². The van der Waals surface area contributed by atoms with Gasteiger partial charge in [0.15, 0.2) is 17.8 Å². The smallest absolute Gasteiger partial charge is 0.230 e. The minimum Gasteiger partial charge on any atom is -0.443 e. The number of benzene rings is 1. The number of hydrogen-bond acceptors (Lipinski definition) is 9. The second-order valence-electron chi connectivity index (χ2n) is 7.96. The Morgan fingerprint density at radius 1 is 0.933 bits per heavy atom. The summed E-state index contributed by atoms with van der Waals surface area (Å²) in [5, 5.41) is 0. The number of fused-ring (bicyclic) bond motifs is 1. The molecule has 0 N–H and O–H groups in total. The zero-order chi connectivity index (χ0) is 21.4. The number of anilines is 2. The molecular formula is C21H27N7O2. The molecule has 30 heavy (non-hydrogen) atoms. The van der Waals surface area contributed by atoms with Crippen LogP contribution in [0, 0.1) is 0 Å². The topological polar surface area (TPSA) is 83.7 Å². The Morgan fingerprint density at radius 2 is 1.63 bits per heavy atom. The number of hydrogen-bond donors (Lipinski definition) is 0. The largest absolute Gasteiger partial charge is 0.443 e. The van der Waals surface area contributed by atoms with Crippen LogP contribution >= 0.6 is 0 Å². The first-order chi connectivity index (χ1) is 15.1. The molecule has 9 nitrogen and oxygen atoms in total. The summed E-state index contributed by atoms with van der Waals surface area (Å²) in [6, 6.07) is 6.13. The van der Waals surface area contributed by atoms with Crippen LogP contribution in [0.5, 0.6) is 0 Å². The van der Waals surface area contributed by atoms with Gasteiger partial charge in [0.2, 0.25) is 11.9 Å². The highest BCUT2D eigenvalue weighted by atomic mass is 16.5. The number of piperazine rings is 1. The maximum Gasteiger partial charge on any atom is 0.230 e. The van der Waals surface area contributed by atoms with E-state index in [1.165, 1.54) is 0 Å². The summed E-state index contributed by atoms with van der Waals surface area (Å²) in [4.78, 5) is 25.4. The predicted molar refractivity (Wildman–Crippen MR) is 115 cm³/mol. The molecule has 4 heterocycles. The number of aromatic nitrogens is 4. The molecule has 0 saturated carbocycles. The van der Waals surface area contributed by atoms with Gasteiger partial charge in [-0.05, 0) is 32.0 Å². The van der Waals surface area contributed by atoms with Crippen LogP contribution in [-0.4, -0.2) is 83.4 Å². The summed E-state index contributed by atoms with van der Waals surface area (Å²) >= 11 is 0. The lowest BCUT2D eigenvalue weighted by Crippen LogP contribution is -2.49. The second kappa shape index (κ2) is 8.16. The molecule has 2 saturated heterocycles. The molecule has 0 bridgehead atoms. The van der Waals surface area contributed by atoms with Crippen molar-refractivity contribution in [2.24, 2.45) is 0 Å². The summed E-state index contributed by atoms with van der Waals surface area (Å²) in [7, 11) is 0. The number of oxazole rings is 1. The van der Waals surface area contributed by atoms with E-state index in [1.54, 1.807) is 0 Å². The van der Waals surface area contributed by atoms with Crippen molar-refractivity contribution in [3.63, 3.8) is 0 Å². The number of ether oxygens (including phenoxy) is 1. The highest BCUT2D eigenvalue weighted by Crippen LogP contribution is 2.25.